The van der Waals surface area contributed by atoms with Crippen molar-refractivity contribution >= 4 is 11.6 Å². The monoisotopic (exact) mass is 296 g/mol. The summed E-state index contributed by atoms with van der Waals surface area (Å²) in [4.78, 5) is 26.2. The van der Waals surface area contributed by atoms with E-state index < -0.39 is 5.92 Å². The molecule has 116 valence electrons. The first-order valence-corrected chi connectivity index (χ1v) is 8.44. The van der Waals surface area contributed by atoms with Gasteiger partial charge >= 0.3 is 0 Å². The maximum absolute atomic E-state index is 13.2. The van der Waals surface area contributed by atoms with E-state index in [1.165, 1.54) is 6.42 Å². The first-order chi connectivity index (χ1) is 10.7. The fourth-order valence-corrected chi connectivity index (χ4v) is 4.33. The first kappa shape index (κ1) is 15.2. The van der Waals surface area contributed by atoms with Crippen molar-refractivity contribution in [2.75, 3.05) is 0 Å². The number of Topliss-reactive ketones (excluding diaryl/α,β-unsaturated/α-hetero) is 2. The van der Waals surface area contributed by atoms with Gasteiger partial charge in [0.15, 0.2) is 5.78 Å². The third-order valence-corrected chi connectivity index (χ3v) is 5.64. The molecule has 22 heavy (non-hydrogen) atoms. The van der Waals surface area contributed by atoms with Crippen LogP contribution in [0.25, 0.3) is 0 Å². The Labute approximate surface area is 132 Å². The SMILES string of the molecule is C=C[C@@H]1CCC2(CCCCC2)C(=O)[C@H]1C(=O)c1ccccc1. The first-order valence-electron chi connectivity index (χ1n) is 8.44. The summed E-state index contributed by atoms with van der Waals surface area (Å²) >= 11 is 0. The Kier molecular flexibility index (Phi) is 4.28. The molecule has 0 aliphatic heterocycles. The molecular weight excluding hydrogens is 272 g/mol. The van der Waals surface area contributed by atoms with Crippen LogP contribution in [0.15, 0.2) is 43.0 Å². The van der Waals surface area contributed by atoms with E-state index in [0.717, 1.165) is 38.5 Å². The Hall–Kier alpha value is -1.70. The largest absolute Gasteiger partial charge is 0.298 e. The van der Waals surface area contributed by atoms with Gasteiger partial charge in [0, 0.05) is 11.0 Å². The number of carbonyl (C=O) groups is 2. The summed E-state index contributed by atoms with van der Waals surface area (Å²) in [5, 5.41) is 0. The molecule has 0 bridgehead atoms. The van der Waals surface area contributed by atoms with Crippen molar-refractivity contribution in [2.45, 2.75) is 44.9 Å². The lowest BCUT2D eigenvalue weighted by molar-refractivity contribution is -0.138. The average Bonchev–Trinajstić information content (AvgIpc) is 2.58. The number of hydrogen-bond donors (Lipinski definition) is 0. The second-order valence-electron chi connectivity index (χ2n) is 6.85. The van der Waals surface area contributed by atoms with Crippen LogP contribution in [0, 0.1) is 17.3 Å². The number of ketones is 2. The van der Waals surface area contributed by atoms with Crippen molar-refractivity contribution in [2.24, 2.45) is 17.3 Å². The van der Waals surface area contributed by atoms with Gasteiger partial charge in [0.2, 0.25) is 0 Å². The van der Waals surface area contributed by atoms with Gasteiger partial charge in [-0.3, -0.25) is 9.59 Å². The smallest absolute Gasteiger partial charge is 0.173 e. The standard InChI is InChI=1S/C20H24O2/c1-2-15-11-14-20(12-7-4-8-13-20)19(22)17(15)18(21)16-9-5-3-6-10-16/h2-3,5-6,9-10,15,17H,1,4,7-8,11-14H2/t15-,17-/m1/s1. The Morgan fingerprint density at radius 3 is 2.41 bits per heavy atom. The lowest BCUT2D eigenvalue weighted by Crippen LogP contribution is -2.47. The highest BCUT2D eigenvalue weighted by Crippen LogP contribution is 2.49. The van der Waals surface area contributed by atoms with Gasteiger partial charge in [0.1, 0.15) is 5.78 Å². The van der Waals surface area contributed by atoms with E-state index in [1.807, 2.05) is 36.4 Å². The van der Waals surface area contributed by atoms with Crippen LogP contribution in [-0.4, -0.2) is 11.6 Å². The van der Waals surface area contributed by atoms with Crippen LogP contribution in [0.4, 0.5) is 0 Å². The topological polar surface area (TPSA) is 34.1 Å². The highest BCUT2D eigenvalue weighted by Gasteiger charge is 2.50. The summed E-state index contributed by atoms with van der Waals surface area (Å²) in [6.45, 7) is 3.87. The zero-order valence-electron chi connectivity index (χ0n) is 13.1. The minimum absolute atomic E-state index is 0.00671. The van der Waals surface area contributed by atoms with Crippen LogP contribution in [0.1, 0.15) is 55.3 Å². The summed E-state index contributed by atoms with van der Waals surface area (Å²) < 4.78 is 0. The fourth-order valence-electron chi connectivity index (χ4n) is 4.33. The molecule has 2 nitrogen and oxygen atoms in total. The van der Waals surface area contributed by atoms with E-state index in [2.05, 4.69) is 6.58 Å². The maximum atomic E-state index is 13.2. The lowest BCUT2D eigenvalue weighted by Gasteiger charge is -2.44. The number of carbonyl (C=O) groups excluding carboxylic acids is 2. The number of rotatable bonds is 3. The predicted octanol–water partition coefficient (Wildman–Crippen LogP) is 4.60. The molecule has 1 aromatic carbocycles. The molecule has 0 radical (unpaired) electrons. The minimum atomic E-state index is -0.522. The number of allylic oxidation sites excluding steroid dienone is 1. The van der Waals surface area contributed by atoms with Crippen molar-refractivity contribution < 1.29 is 9.59 Å². The molecular formula is C20H24O2. The van der Waals surface area contributed by atoms with E-state index in [-0.39, 0.29) is 22.9 Å². The molecule has 2 saturated carbocycles. The fraction of sp³-hybridized carbons (Fsp3) is 0.500. The molecule has 0 amide bonds. The molecule has 3 rings (SSSR count). The highest BCUT2D eigenvalue weighted by atomic mass is 16.2. The van der Waals surface area contributed by atoms with Crippen LogP contribution < -0.4 is 0 Å². The van der Waals surface area contributed by atoms with Gasteiger partial charge in [0.05, 0.1) is 5.92 Å². The van der Waals surface area contributed by atoms with Gasteiger partial charge in [-0.15, -0.1) is 6.58 Å². The van der Waals surface area contributed by atoms with Gasteiger partial charge in [-0.25, -0.2) is 0 Å². The summed E-state index contributed by atoms with van der Waals surface area (Å²) in [5.74, 6) is -0.350. The molecule has 0 heterocycles. The van der Waals surface area contributed by atoms with E-state index in [0.29, 0.717) is 5.56 Å². The van der Waals surface area contributed by atoms with Crippen LogP contribution in [0.3, 0.4) is 0 Å². The Bertz CT molecular complexity index is 567. The van der Waals surface area contributed by atoms with Crippen LogP contribution >= 0.6 is 0 Å². The summed E-state index contributed by atoms with van der Waals surface area (Å²) in [7, 11) is 0. The van der Waals surface area contributed by atoms with Gasteiger partial charge in [-0.05, 0) is 31.6 Å². The predicted molar refractivity (Wildman–Crippen MR) is 87.7 cm³/mol. The zero-order valence-corrected chi connectivity index (χ0v) is 13.1. The second kappa shape index (κ2) is 6.20. The molecule has 2 aliphatic rings. The van der Waals surface area contributed by atoms with Crippen LogP contribution in [-0.2, 0) is 4.79 Å². The summed E-state index contributed by atoms with van der Waals surface area (Å²) in [6, 6.07) is 9.25. The van der Waals surface area contributed by atoms with Gasteiger partial charge in [-0.1, -0.05) is 55.7 Å². The molecule has 0 aromatic heterocycles. The van der Waals surface area contributed by atoms with Crippen LogP contribution in [0.5, 0.6) is 0 Å². The Balaban J connectivity index is 1.93. The molecule has 2 fully saturated rings. The Morgan fingerprint density at radius 1 is 1.09 bits per heavy atom. The average molecular weight is 296 g/mol. The molecule has 1 aromatic rings. The number of hydrogen-bond acceptors (Lipinski definition) is 2. The van der Waals surface area contributed by atoms with E-state index in [9.17, 15) is 9.59 Å². The van der Waals surface area contributed by atoms with Gasteiger partial charge in [0.25, 0.3) is 0 Å². The van der Waals surface area contributed by atoms with Crippen molar-refractivity contribution in [1.29, 1.82) is 0 Å². The summed E-state index contributed by atoms with van der Waals surface area (Å²) in [5.41, 5.74) is 0.424. The second-order valence-corrected chi connectivity index (χ2v) is 6.85. The van der Waals surface area contributed by atoms with Crippen molar-refractivity contribution in [3.8, 4) is 0 Å². The zero-order chi connectivity index (χ0) is 15.6. The molecule has 0 unspecified atom stereocenters. The van der Waals surface area contributed by atoms with E-state index in [1.54, 1.807) is 0 Å². The Morgan fingerprint density at radius 2 is 1.77 bits per heavy atom. The van der Waals surface area contributed by atoms with E-state index >= 15 is 0 Å². The lowest BCUT2D eigenvalue weighted by atomic mass is 9.57. The minimum Gasteiger partial charge on any atom is -0.298 e. The van der Waals surface area contributed by atoms with Crippen molar-refractivity contribution in [3.63, 3.8) is 0 Å². The van der Waals surface area contributed by atoms with Gasteiger partial charge < -0.3 is 0 Å². The third-order valence-electron chi connectivity index (χ3n) is 5.64. The molecule has 0 N–H and O–H groups in total. The maximum Gasteiger partial charge on any atom is 0.173 e. The van der Waals surface area contributed by atoms with Crippen LogP contribution in [0.2, 0.25) is 0 Å². The summed E-state index contributed by atoms with van der Waals surface area (Å²) in [6.07, 6.45) is 9.06. The molecule has 2 aliphatic carbocycles. The highest BCUT2D eigenvalue weighted by molar-refractivity contribution is 6.13. The van der Waals surface area contributed by atoms with Crippen molar-refractivity contribution in [3.05, 3.63) is 48.6 Å². The van der Waals surface area contributed by atoms with Crippen molar-refractivity contribution in [1.82, 2.24) is 0 Å². The molecule has 1 spiro atoms. The third kappa shape index (κ3) is 2.55. The normalized spacial score (nSPS) is 27.5. The van der Waals surface area contributed by atoms with E-state index in [4.69, 9.17) is 0 Å². The molecule has 2 atom stereocenters. The molecule has 0 saturated heterocycles. The van der Waals surface area contributed by atoms with Gasteiger partial charge in [-0.2, -0.15) is 0 Å². The molecule has 2 heteroatoms. The number of benzene rings is 1. The quantitative estimate of drug-likeness (QED) is 0.464.